The predicted molar refractivity (Wildman–Crippen MR) is 118 cm³/mol. The third kappa shape index (κ3) is 6.34. The van der Waals surface area contributed by atoms with Gasteiger partial charge in [-0.05, 0) is 50.6 Å². The SMILES string of the molecule is Cc1ccc(CNC(=O)NC(CC(C)C)C(=O)N2C3CCNCC2CC3)cc1.Cl. The van der Waals surface area contributed by atoms with E-state index in [9.17, 15) is 9.59 Å². The highest BCUT2D eigenvalue weighted by molar-refractivity contribution is 5.87. The van der Waals surface area contributed by atoms with Crippen LogP contribution in [0.1, 0.15) is 50.7 Å². The molecule has 3 unspecified atom stereocenters. The van der Waals surface area contributed by atoms with Crippen molar-refractivity contribution in [2.75, 3.05) is 13.1 Å². The topological polar surface area (TPSA) is 73.5 Å². The number of nitrogens with one attached hydrogen (secondary N) is 3. The molecule has 0 aliphatic carbocycles. The molecule has 2 aliphatic heterocycles. The Hall–Kier alpha value is -1.79. The summed E-state index contributed by atoms with van der Waals surface area (Å²) in [6, 6.07) is 7.89. The minimum absolute atomic E-state index is 0. The minimum atomic E-state index is -0.473. The first kappa shape index (κ1) is 23.5. The number of carbonyl (C=O) groups excluding carboxylic acids is 2. The van der Waals surface area contributed by atoms with E-state index in [0.717, 1.165) is 37.9 Å². The zero-order valence-corrected chi connectivity index (χ0v) is 18.6. The second-order valence-corrected chi connectivity index (χ2v) is 8.62. The number of rotatable bonds is 6. The molecule has 2 heterocycles. The van der Waals surface area contributed by atoms with Crippen molar-refractivity contribution < 1.29 is 9.59 Å². The second-order valence-electron chi connectivity index (χ2n) is 8.62. The van der Waals surface area contributed by atoms with E-state index in [1.807, 2.05) is 31.2 Å². The average molecular weight is 423 g/mol. The van der Waals surface area contributed by atoms with Crippen molar-refractivity contribution in [1.82, 2.24) is 20.9 Å². The van der Waals surface area contributed by atoms with Gasteiger partial charge in [0, 0.05) is 25.2 Å². The number of halogens is 1. The summed E-state index contributed by atoms with van der Waals surface area (Å²) < 4.78 is 0. The third-order valence-corrected chi connectivity index (χ3v) is 5.79. The van der Waals surface area contributed by atoms with Gasteiger partial charge in [0.15, 0.2) is 0 Å². The molecule has 0 radical (unpaired) electrons. The molecule has 162 valence electrons. The number of carbonyl (C=O) groups is 2. The van der Waals surface area contributed by atoms with Crippen molar-refractivity contribution in [3.63, 3.8) is 0 Å². The van der Waals surface area contributed by atoms with Crippen LogP contribution in [0.15, 0.2) is 24.3 Å². The van der Waals surface area contributed by atoms with Crippen LogP contribution in [-0.2, 0) is 11.3 Å². The van der Waals surface area contributed by atoms with E-state index in [4.69, 9.17) is 0 Å². The Labute approximate surface area is 180 Å². The van der Waals surface area contributed by atoms with Crippen molar-refractivity contribution in [2.24, 2.45) is 5.92 Å². The summed E-state index contributed by atoms with van der Waals surface area (Å²) in [5, 5.41) is 9.28. The smallest absolute Gasteiger partial charge is 0.315 e. The third-order valence-electron chi connectivity index (χ3n) is 5.79. The van der Waals surface area contributed by atoms with Crippen molar-refractivity contribution in [2.45, 2.75) is 71.1 Å². The van der Waals surface area contributed by atoms with E-state index >= 15 is 0 Å². The van der Waals surface area contributed by atoms with Gasteiger partial charge in [-0.15, -0.1) is 12.4 Å². The summed E-state index contributed by atoms with van der Waals surface area (Å²) in [6.07, 6.45) is 3.78. The zero-order chi connectivity index (χ0) is 20.1. The standard InChI is InChI=1S/C22H34N4O2.ClH/c1-15(2)12-20(21(27)26-18-8-9-19(26)14-23-11-10-18)25-22(28)24-13-17-6-4-16(3)5-7-17;/h4-7,15,18-20,23H,8-14H2,1-3H3,(H2,24,25,28);1H. The van der Waals surface area contributed by atoms with Gasteiger partial charge in [-0.2, -0.15) is 0 Å². The molecule has 1 aromatic carbocycles. The van der Waals surface area contributed by atoms with Gasteiger partial charge in [0.05, 0.1) is 0 Å². The maximum Gasteiger partial charge on any atom is 0.315 e. The molecule has 29 heavy (non-hydrogen) atoms. The lowest BCUT2D eigenvalue weighted by molar-refractivity contribution is -0.136. The van der Waals surface area contributed by atoms with Crippen molar-refractivity contribution in [3.05, 3.63) is 35.4 Å². The molecule has 0 aromatic heterocycles. The Morgan fingerprint density at radius 2 is 1.83 bits per heavy atom. The van der Waals surface area contributed by atoms with Crippen molar-refractivity contribution in [3.8, 4) is 0 Å². The molecule has 2 saturated heterocycles. The van der Waals surface area contributed by atoms with Gasteiger partial charge in [0.25, 0.3) is 0 Å². The van der Waals surface area contributed by atoms with Crippen LogP contribution in [0.3, 0.4) is 0 Å². The maximum absolute atomic E-state index is 13.4. The summed E-state index contributed by atoms with van der Waals surface area (Å²) >= 11 is 0. The Balaban J connectivity index is 0.00000300. The number of hydrogen-bond acceptors (Lipinski definition) is 3. The van der Waals surface area contributed by atoms with Crippen molar-refractivity contribution in [1.29, 1.82) is 0 Å². The Kier molecular flexibility index (Phi) is 8.78. The fourth-order valence-corrected chi connectivity index (χ4v) is 4.31. The average Bonchev–Trinajstić information content (AvgIpc) is 2.92. The predicted octanol–water partition coefficient (Wildman–Crippen LogP) is 2.98. The molecule has 3 amide bonds. The van der Waals surface area contributed by atoms with Gasteiger partial charge >= 0.3 is 6.03 Å². The van der Waals surface area contributed by atoms with E-state index < -0.39 is 6.04 Å². The molecule has 2 aliphatic rings. The number of benzene rings is 1. The number of nitrogens with zero attached hydrogens (tertiary/aromatic N) is 1. The molecule has 3 N–H and O–H groups in total. The summed E-state index contributed by atoms with van der Waals surface area (Å²) in [6.45, 7) is 8.49. The van der Waals surface area contributed by atoms with Crippen LogP contribution in [-0.4, -0.2) is 48.1 Å². The highest BCUT2D eigenvalue weighted by atomic mass is 35.5. The minimum Gasteiger partial charge on any atom is -0.334 e. The van der Waals surface area contributed by atoms with E-state index in [0.29, 0.717) is 24.9 Å². The first-order chi connectivity index (χ1) is 13.4. The Bertz CT molecular complexity index is 666. The van der Waals surface area contributed by atoms with Crippen molar-refractivity contribution >= 4 is 24.3 Å². The Morgan fingerprint density at radius 1 is 1.14 bits per heavy atom. The molecule has 2 fully saturated rings. The highest BCUT2D eigenvalue weighted by Crippen LogP contribution is 2.29. The Morgan fingerprint density at radius 3 is 2.52 bits per heavy atom. The molecule has 3 rings (SSSR count). The molecule has 7 heteroatoms. The lowest BCUT2D eigenvalue weighted by Crippen LogP contribution is -2.55. The van der Waals surface area contributed by atoms with Crippen LogP contribution in [0.25, 0.3) is 0 Å². The van der Waals surface area contributed by atoms with Crippen LogP contribution >= 0.6 is 12.4 Å². The van der Waals surface area contributed by atoms with Crippen LogP contribution in [0.5, 0.6) is 0 Å². The summed E-state index contributed by atoms with van der Waals surface area (Å²) in [5.41, 5.74) is 2.24. The van der Waals surface area contributed by atoms with Gasteiger partial charge in [-0.25, -0.2) is 4.79 Å². The van der Waals surface area contributed by atoms with Crippen LogP contribution in [0.2, 0.25) is 0 Å². The summed E-state index contributed by atoms with van der Waals surface area (Å²) in [7, 11) is 0. The zero-order valence-electron chi connectivity index (χ0n) is 17.7. The second kappa shape index (κ2) is 10.8. The normalized spacial score (nSPS) is 21.9. The quantitative estimate of drug-likeness (QED) is 0.659. The largest absolute Gasteiger partial charge is 0.334 e. The van der Waals surface area contributed by atoms with Gasteiger partial charge in [0.1, 0.15) is 6.04 Å². The van der Waals surface area contributed by atoms with Gasteiger partial charge in [-0.1, -0.05) is 43.7 Å². The number of fused-ring (bicyclic) bond motifs is 2. The highest BCUT2D eigenvalue weighted by Gasteiger charge is 2.40. The van der Waals surface area contributed by atoms with E-state index in [-0.39, 0.29) is 30.4 Å². The van der Waals surface area contributed by atoms with E-state index in [1.54, 1.807) is 0 Å². The number of aryl methyl sites for hydroxylation is 1. The molecule has 6 nitrogen and oxygen atoms in total. The number of urea groups is 1. The lowest BCUT2D eigenvalue weighted by atomic mass is 10.0. The molecular formula is C22H35ClN4O2. The molecule has 1 aromatic rings. The van der Waals surface area contributed by atoms with Gasteiger partial charge in [0.2, 0.25) is 5.91 Å². The van der Waals surface area contributed by atoms with Crippen LogP contribution in [0, 0.1) is 12.8 Å². The monoisotopic (exact) mass is 422 g/mol. The number of amides is 3. The van der Waals surface area contributed by atoms with Crippen LogP contribution < -0.4 is 16.0 Å². The van der Waals surface area contributed by atoms with E-state index in [2.05, 4.69) is 34.7 Å². The molecule has 0 saturated carbocycles. The van der Waals surface area contributed by atoms with Gasteiger partial charge in [-0.3, -0.25) is 4.79 Å². The van der Waals surface area contributed by atoms with Gasteiger partial charge < -0.3 is 20.9 Å². The molecule has 0 spiro atoms. The first-order valence-electron chi connectivity index (χ1n) is 10.6. The number of hydrogen-bond donors (Lipinski definition) is 3. The molecule has 2 bridgehead atoms. The van der Waals surface area contributed by atoms with Crippen LogP contribution in [0.4, 0.5) is 4.79 Å². The molecular weight excluding hydrogens is 388 g/mol. The lowest BCUT2D eigenvalue weighted by Gasteiger charge is -2.32. The summed E-state index contributed by atoms with van der Waals surface area (Å²) in [4.78, 5) is 27.9. The maximum atomic E-state index is 13.4. The molecule has 3 atom stereocenters. The first-order valence-corrected chi connectivity index (χ1v) is 10.6. The fraction of sp³-hybridized carbons (Fsp3) is 0.636. The fourth-order valence-electron chi connectivity index (χ4n) is 4.31. The van der Waals surface area contributed by atoms with E-state index in [1.165, 1.54) is 5.56 Å². The summed E-state index contributed by atoms with van der Waals surface area (Å²) in [5.74, 6) is 0.407.